The van der Waals surface area contributed by atoms with Crippen molar-refractivity contribution < 1.29 is 9.59 Å². The maximum Gasteiger partial charge on any atom is 0.225 e. The van der Waals surface area contributed by atoms with E-state index in [1.54, 1.807) is 23.1 Å². The van der Waals surface area contributed by atoms with Crippen molar-refractivity contribution in [2.45, 2.75) is 13.8 Å². The molecule has 1 amide bonds. The minimum absolute atomic E-state index is 0.0439. The van der Waals surface area contributed by atoms with Crippen LogP contribution in [0.4, 0.5) is 5.13 Å². The zero-order valence-corrected chi connectivity index (χ0v) is 14.6. The van der Waals surface area contributed by atoms with Crippen molar-refractivity contribution in [2.24, 2.45) is 0 Å². The van der Waals surface area contributed by atoms with Gasteiger partial charge in [0.25, 0.3) is 0 Å². The monoisotopic (exact) mass is 378 g/mol. The van der Waals surface area contributed by atoms with E-state index in [1.165, 1.54) is 24.3 Å². The first-order valence-electron chi connectivity index (χ1n) is 6.73. The van der Waals surface area contributed by atoms with Crippen LogP contribution in [0.1, 0.15) is 29.9 Å². The molecule has 1 heterocycles. The van der Waals surface area contributed by atoms with Gasteiger partial charge < -0.3 is 0 Å². The van der Waals surface area contributed by atoms with Crippen LogP contribution in [-0.2, 0) is 4.79 Å². The Bertz CT molecular complexity index is 724. The van der Waals surface area contributed by atoms with Gasteiger partial charge in [-0.3, -0.25) is 14.5 Å². The van der Waals surface area contributed by atoms with E-state index >= 15 is 0 Å². The molecule has 4 nitrogen and oxygen atoms in total. The summed E-state index contributed by atoms with van der Waals surface area (Å²) in [5, 5.41) is 2.47. The van der Waals surface area contributed by atoms with Crippen molar-refractivity contribution in [1.82, 2.24) is 4.98 Å². The molecule has 0 saturated carbocycles. The molecule has 0 saturated heterocycles. The summed E-state index contributed by atoms with van der Waals surface area (Å²) in [5.74, 6) is -0.132. The summed E-state index contributed by atoms with van der Waals surface area (Å²) in [7, 11) is 0. The lowest BCUT2D eigenvalue weighted by atomic mass is 10.1. The number of ketones is 1. The average Bonchev–Trinajstić information content (AvgIpc) is 2.93. The average molecular weight is 379 g/mol. The topological polar surface area (TPSA) is 50.3 Å². The smallest absolute Gasteiger partial charge is 0.225 e. The Kier molecular flexibility index (Phi) is 5.63. The second-order valence-corrected chi connectivity index (χ2v) is 6.28. The number of nitrogens with zero attached hydrogens (tertiary/aromatic N) is 2. The van der Waals surface area contributed by atoms with Crippen LogP contribution >= 0.6 is 27.3 Å². The van der Waals surface area contributed by atoms with E-state index in [9.17, 15) is 9.59 Å². The lowest BCUT2D eigenvalue weighted by molar-refractivity contribution is -0.116. The highest BCUT2D eigenvalue weighted by molar-refractivity contribution is 9.10. The first kappa shape index (κ1) is 16.6. The van der Waals surface area contributed by atoms with Crippen molar-refractivity contribution in [3.8, 4) is 0 Å². The Labute approximate surface area is 141 Å². The zero-order chi connectivity index (χ0) is 16.1. The third kappa shape index (κ3) is 4.11. The SMILES string of the molecule is CCN(C(C)=O)c1nc(/C=C/C(=O)c2cccc(Br)c2)cs1. The standard InChI is InChI=1S/C16H15BrN2O2S/c1-3-19(11(2)20)16-18-14(10-22-16)7-8-15(21)12-5-4-6-13(17)9-12/h4-10H,3H2,1-2H3/b8-7+. The minimum atomic E-state index is -0.0882. The fourth-order valence-electron chi connectivity index (χ4n) is 1.87. The number of benzene rings is 1. The van der Waals surface area contributed by atoms with Gasteiger partial charge >= 0.3 is 0 Å². The van der Waals surface area contributed by atoms with Crippen LogP contribution in [0.15, 0.2) is 40.2 Å². The molecule has 0 aliphatic heterocycles. The van der Waals surface area contributed by atoms with E-state index in [0.717, 1.165) is 4.47 Å². The van der Waals surface area contributed by atoms with Crippen LogP contribution in [0.3, 0.4) is 0 Å². The van der Waals surface area contributed by atoms with Gasteiger partial charge in [-0.2, -0.15) is 0 Å². The Morgan fingerprint density at radius 2 is 2.18 bits per heavy atom. The molecule has 22 heavy (non-hydrogen) atoms. The number of carbonyl (C=O) groups is 2. The first-order chi connectivity index (χ1) is 10.5. The molecular weight excluding hydrogens is 364 g/mol. The Balaban J connectivity index is 2.12. The van der Waals surface area contributed by atoms with Gasteiger partial charge in [-0.25, -0.2) is 4.98 Å². The Hall–Kier alpha value is -1.79. The summed E-state index contributed by atoms with van der Waals surface area (Å²) in [4.78, 5) is 29.5. The number of amides is 1. The fraction of sp³-hybridized carbons (Fsp3) is 0.188. The fourth-order valence-corrected chi connectivity index (χ4v) is 3.17. The normalized spacial score (nSPS) is 10.9. The number of halogens is 1. The van der Waals surface area contributed by atoms with Crippen molar-refractivity contribution in [3.63, 3.8) is 0 Å². The lowest BCUT2D eigenvalue weighted by Gasteiger charge is -2.14. The molecule has 2 rings (SSSR count). The van der Waals surface area contributed by atoms with Gasteiger partial charge in [-0.1, -0.05) is 28.1 Å². The second kappa shape index (κ2) is 7.47. The lowest BCUT2D eigenvalue weighted by Crippen LogP contribution is -2.27. The molecule has 0 atom stereocenters. The van der Waals surface area contributed by atoms with E-state index in [4.69, 9.17) is 0 Å². The molecule has 6 heteroatoms. The second-order valence-electron chi connectivity index (χ2n) is 4.53. The van der Waals surface area contributed by atoms with Crippen LogP contribution in [0.2, 0.25) is 0 Å². The molecule has 114 valence electrons. The summed E-state index contributed by atoms with van der Waals surface area (Å²) in [6, 6.07) is 7.22. The largest absolute Gasteiger partial charge is 0.289 e. The summed E-state index contributed by atoms with van der Waals surface area (Å²) in [5.41, 5.74) is 1.28. The van der Waals surface area contributed by atoms with Crippen molar-refractivity contribution >= 4 is 50.2 Å². The number of rotatable bonds is 5. The molecule has 0 unspecified atom stereocenters. The highest BCUT2D eigenvalue weighted by atomic mass is 79.9. The van der Waals surface area contributed by atoms with E-state index in [-0.39, 0.29) is 11.7 Å². The molecule has 2 aromatic rings. The van der Waals surface area contributed by atoms with Gasteiger partial charge in [0.2, 0.25) is 5.91 Å². The minimum Gasteiger partial charge on any atom is -0.289 e. The van der Waals surface area contributed by atoms with Crippen LogP contribution in [0.25, 0.3) is 6.08 Å². The van der Waals surface area contributed by atoms with Crippen molar-refractivity contribution in [1.29, 1.82) is 0 Å². The summed E-state index contributed by atoms with van der Waals surface area (Å²) < 4.78 is 0.864. The van der Waals surface area contributed by atoms with Crippen molar-refractivity contribution in [2.75, 3.05) is 11.4 Å². The number of hydrogen-bond acceptors (Lipinski definition) is 4. The van der Waals surface area contributed by atoms with Crippen LogP contribution in [-0.4, -0.2) is 23.2 Å². The first-order valence-corrected chi connectivity index (χ1v) is 8.40. The summed E-state index contributed by atoms with van der Waals surface area (Å²) >= 11 is 4.73. The number of allylic oxidation sites excluding steroid dienone is 1. The van der Waals surface area contributed by atoms with Crippen molar-refractivity contribution in [3.05, 3.63) is 51.5 Å². The van der Waals surface area contributed by atoms with Crippen LogP contribution < -0.4 is 4.90 Å². The number of carbonyl (C=O) groups excluding carboxylic acids is 2. The van der Waals surface area contributed by atoms with Gasteiger partial charge in [0.1, 0.15) is 0 Å². The van der Waals surface area contributed by atoms with Gasteiger partial charge in [0, 0.05) is 28.9 Å². The molecule has 1 aromatic heterocycles. The molecule has 0 radical (unpaired) electrons. The predicted octanol–water partition coefficient (Wildman–Crippen LogP) is 4.17. The van der Waals surface area contributed by atoms with E-state index < -0.39 is 0 Å². The van der Waals surface area contributed by atoms with Crippen LogP contribution in [0, 0.1) is 0 Å². The maximum absolute atomic E-state index is 12.1. The summed E-state index contributed by atoms with van der Waals surface area (Å²) in [6.07, 6.45) is 3.15. The number of aromatic nitrogens is 1. The third-order valence-electron chi connectivity index (χ3n) is 2.95. The quantitative estimate of drug-likeness (QED) is 0.579. The third-order valence-corrected chi connectivity index (χ3v) is 4.33. The Morgan fingerprint density at radius 1 is 1.41 bits per heavy atom. The van der Waals surface area contributed by atoms with Gasteiger partial charge in [0.15, 0.2) is 10.9 Å². The maximum atomic E-state index is 12.1. The Morgan fingerprint density at radius 3 is 2.82 bits per heavy atom. The molecule has 0 aliphatic rings. The molecule has 1 aromatic carbocycles. The van der Waals surface area contributed by atoms with Crippen LogP contribution in [0.5, 0.6) is 0 Å². The van der Waals surface area contributed by atoms with E-state index in [2.05, 4.69) is 20.9 Å². The highest BCUT2D eigenvalue weighted by Gasteiger charge is 2.12. The molecule has 0 bridgehead atoms. The molecular formula is C16H15BrN2O2S. The zero-order valence-electron chi connectivity index (χ0n) is 12.2. The highest BCUT2D eigenvalue weighted by Crippen LogP contribution is 2.21. The predicted molar refractivity (Wildman–Crippen MR) is 93.3 cm³/mol. The number of hydrogen-bond donors (Lipinski definition) is 0. The molecule has 0 N–H and O–H groups in total. The molecule has 0 aliphatic carbocycles. The molecule has 0 spiro atoms. The van der Waals surface area contributed by atoms with Gasteiger partial charge in [-0.15, -0.1) is 11.3 Å². The van der Waals surface area contributed by atoms with Gasteiger partial charge in [-0.05, 0) is 31.2 Å². The summed E-state index contributed by atoms with van der Waals surface area (Å²) in [6.45, 7) is 3.98. The van der Waals surface area contributed by atoms with E-state index in [1.807, 2.05) is 24.4 Å². The molecule has 0 fully saturated rings. The van der Waals surface area contributed by atoms with Gasteiger partial charge in [0.05, 0.1) is 5.69 Å². The number of thiazole rings is 1. The van der Waals surface area contributed by atoms with E-state index in [0.29, 0.717) is 22.9 Å². The number of anilines is 1.